The van der Waals surface area contributed by atoms with Crippen molar-refractivity contribution in [3.05, 3.63) is 52.4 Å². The summed E-state index contributed by atoms with van der Waals surface area (Å²) in [6.07, 6.45) is 2.47. The van der Waals surface area contributed by atoms with Crippen molar-refractivity contribution >= 4 is 46.0 Å². The summed E-state index contributed by atoms with van der Waals surface area (Å²) in [4.78, 5) is 23.6. The molecule has 1 aromatic carbocycles. The van der Waals surface area contributed by atoms with Crippen molar-refractivity contribution in [3.63, 3.8) is 0 Å². The van der Waals surface area contributed by atoms with Gasteiger partial charge in [-0.15, -0.1) is 0 Å². The molecular weight excluding hydrogens is 323 g/mol. The number of imidazole rings is 1. The molecule has 1 amide bonds. The summed E-state index contributed by atoms with van der Waals surface area (Å²) >= 11 is 11.8. The Labute approximate surface area is 136 Å². The normalized spacial score (nSPS) is 10.8. The van der Waals surface area contributed by atoms with Crippen LogP contribution in [0.5, 0.6) is 0 Å². The van der Waals surface area contributed by atoms with Gasteiger partial charge in [-0.25, -0.2) is 9.97 Å². The number of carbonyl (C=O) groups excluding carboxylic acids is 1. The largest absolute Gasteiger partial charge is 0.341 e. The van der Waals surface area contributed by atoms with Crippen LogP contribution >= 0.6 is 23.2 Å². The summed E-state index contributed by atoms with van der Waals surface area (Å²) < 4.78 is 0. The molecule has 0 bridgehead atoms. The predicted molar refractivity (Wildman–Crippen MR) is 87.3 cm³/mol. The number of H-pyrrole nitrogens is 1. The molecule has 3 aromatic rings. The number of aromatic nitrogens is 3. The van der Waals surface area contributed by atoms with E-state index in [4.69, 9.17) is 23.2 Å². The number of halogens is 2. The highest BCUT2D eigenvalue weighted by molar-refractivity contribution is 6.36. The van der Waals surface area contributed by atoms with Crippen molar-refractivity contribution < 1.29 is 4.79 Å². The molecule has 5 nitrogen and oxygen atoms in total. The summed E-state index contributed by atoms with van der Waals surface area (Å²) in [5.41, 5.74) is 2.06. The molecule has 112 valence electrons. The van der Waals surface area contributed by atoms with Gasteiger partial charge in [-0.1, -0.05) is 23.2 Å². The fraction of sp³-hybridized carbons (Fsp3) is 0.133. The Bertz CT molecular complexity index is 798. The first-order valence-electron chi connectivity index (χ1n) is 6.66. The first-order valence-corrected chi connectivity index (χ1v) is 7.42. The van der Waals surface area contributed by atoms with Gasteiger partial charge in [-0.3, -0.25) is 4.79 Å². The third kappa shape index (κ3) is 3.37. The lowest BCUT2D eigenvalue weighted by Gasteiger charge is -2.06. The summed E-state index contributed by atoms with van der Waals surface area (Å²) in [6.45, 7) is 0. The maximum Gasteiger partial charge on any atom is 0.224 e. The van der Waals surface area contributed by atoms with E-state index in [1.165, 1.54) is 0 Å². The molecule has 0 unspecified atom stereocenters. The van der Waals surface area contributed by atoms with Gasteiger partial charge in [-0.05, 0) is 30.3 Å². The van der Waals surface area contributed by atoms with E-state index in [1.807, 2.05) is 12.1 Å². The Hall–Kier alpha value is -2.11. The molecule has 0 saturated carbocycles. The number of aryl methyl sites for hydroxylation is 1. The van der Waals surface area contributed by atoms with Crippen molar-refractivity contribution in [1.29, 1.82) is 0 Å². The van der Waals surface area contributed by atoms with Crippen LogP contribution in [0.4, 0.5) is 5.69 Å². The molecule has 7 heteroatoms. The van der Waals surface area contributed by atoms with Gasteiger partial charge in [0.15, 0.2) is 5.65 Å². The Balaban J connectivity index is 1.62. The monoisotopic (exact) mass is 334 g/mol. The van der Waals surface area contributed by atoms with Gasteiger partial charge in [0.05, 0.1) is 16.2 Å². The molecule has 0 saturated heterocycles. The Morgan fingerprint density at radius 1 is 1.27 bits per heavy atom. The molecular formula is C15H12Cl2N4O. The Morgan fingerprint density at radius 3 is 2.91 bits per heavy atom. The number of carbonyl (C=O) groups is 1. The van der Waals surface area contributed by atoms with Crippen LogP contribution in [0.15, 0.2) is 36.5 Å². The second-order valence-corrected chi connectivity index (χ2v) is 5.57. The molecule has 0 spiro atoms. The molecule has 0 aliphatic heterocycles. The molecule has 0 fully saturated rings. The van der Waals surface area contributed by atoms with Gasteiger partial charge in [0.1, 0.15) is 5.82 Å². The minimum atomic E-state index is -0.141. The van der Waals surface area contributed by atoms with Crippen LogP contribution in [0.25, 0.3) is 11.2 Å². The van der Waals surface area contributed by atoms with Crippen LogP contribution in [-0.2, 0) is 11.2 Å². The lowest BCUT2D eigenvalue weighted by Crippen LogP contribution is -2.13. The van der Waals surface area contributed by atoms with E-state index in [1.54, 1.807) is 24.4 Å². The SMILES string of the molecule is O=C(CCc1nc2ncccc2[nH]1)Nc1ccc(Cl)cc1Cl. The van der Waals surface area contributed by atoms with Crippen LogP contribution in [0.2, 0.25) is 10.0 Å². The lowest BCUT2D eigenvalue weighted by atomic mass is 10.2. The van der Waals surface area contributed by atoms with E-state index in [0.717, 1.165) is 11.3 Å². The number of amides is 1. The van der Waals surface area contributed by atoms with Gasteiger partial charge in [0.25, 0.3) is 0 Å². The number of pyridine rings is 1. The van der Waals surface area contributed by atoms with Gasteiger partial charge in [-0.2, -0.15) is 0 Å². The van der Waals surface area contributed by atoms with Gasteiger partial charge in [0.2, 0.25) is 5.91 Å². The Morgan fingerprint density at radius 2 is 2.14 bits per heavy atom. The van der Waals surface area contributed by atoms with Gasteiger partial charge in [0, 0.05) is 24.1 Å². The molecule has 2 heterocycles. The van der Waals surface area contributed by atoms with Crippen LogP contribution in [0.3, 0.4) is 0 Å². The molecule has 22 heavy (non-hydrogen) atoms. The lowest BCUT2D eigenvalue weighted by molar-refractivity contribution is -0.116. The maximum absolute atomic E-state index is 12.0. The number of hydrogen-bond acceptors (Lipinski definition) is 3. The fourth-order valence-electron chi connectivity index (χ4n) is 2.05. The standard InChI is InChI=1S/C15H12Cl2N4O/c16-9-3-4-11(10(17)8-9)20-14(22)6-5-13-19-12-2-1-7-18-15(12)21-13/h1-4,7-8H,5-6H2,(H,20,22)(H,18,19,21). The number of hydrogen-bond donors (Lipinski definition) is 2. The number of benzene rings is 1. The molecule has 2 aromatic heterocycles. The minimum Gasteiger partial charge on any atom is -0.341 e. The highest BCUT2D eigenvalue weighted by Crippen LogP contribution is 2.25. The number of rotatable bonds is 4. The smallest absolute Gasteiger partial charge is 0.224 e. The molecule has 0 aliphatic rings. The van der Waals surface area contributed by atoms with E-state index < -0.39 is 0 Å². The number of nitrogens with zero attached hydrogens (tertiary/aromatic N) is 2. The first-order chi connectivity index (χ1) is 10.6. The summed E-state index contributed by atoms with van der Waals surface area (Å²) in [6, 6.07) is 8.66. The van der Waals surface area contributed by atoms with Crippen LogP contribution in [0.1, 0.15) is 12.2 Å². The van der Waals surface area contributed by atoms with Crippen LogP contribution < -0.4 is 5.32 Å². The molecule has 3 rings (SSSR count). The van der Waals surface area contributed by atoms with Crippen molar-refractivity contribution in [1.82, 2.24) is 15.0 Å². The number of nitrogens with one attached hydrogen (secondary N) is 2. The highest BCUT2D eigenvalue weighted by Gasteiger charge is 2.09. The second kappa shape index (κ2) is 6.34. The maximum atomic E-state index is 12.0. The second-order valence-electron chi connectivity index (χ2n) is 4.73. The van der Waals surface area contributed by atoms with Crippen molar-refractivity contribution in [2.45, 2.75) is 12.8 Å². The minimum absolute atomic E-state index is 0.141. The van der Waals surface area contributed by atoms with Crippen molar-refractivity contribution in [3.8, 4) is 0 Å². The molecule has 0 atom stereocenters. The van der Waals surface area contributed by atoms with Gasteiger partial charge >= 0.3 is 0 Å². The van der Waals surface area contributed by atoms with E-state index in [-0.39, 0.29) is 5.91 Å². The third-order valence-electron chi connectivity index (χ3n) is 3.10. The van der Waals surface area contributed by atoms with E-state index in [0.29, 0.717) is 34.2 Å². The van der Waals surface area contributed by atoms with E-state index in [2.05, 4.69) is 20.3 Å². The predicted octanol–water partition coefficient (Wildman–Crippen LogP) is 3.84. The molecule has 2 N–H and O–H groups in total. The zero-order chi connectivity index (χ0) is 15.5. The molecule has 0 radical (unpaired) electrons. The van der Waals surface area contributed by atoms with Gasteiger partial charge < -0.3 is 10.3 Å². The summed E-state index contributed by atoms with van der Waals surface area (Å²) in [5.74, 6) is 0.587. The van der Waals surface area contributed by atoms with E-state index in [9.17, 15) is 4.79 Å². The molecule has 0 aliphatic carbocycles. The Kier molecular flexibility index (Phi) is 4.27. The van der Waals surface area contributed by atoms with Crippen molar-refractivity contribution in [2.75, 3.05) is 5.32 Å². The highest BCUT2D eigenvalue weighted by atomic mass is 35.5. The summed E-state index contributed by atoms with van der Waals surface area (Å²) in [7, 11) is 0. The topological polar surface area (TPSA) is 70.7 Å². The van der Waals surface area contributed by atoms with Crippen molar-refractivity contribution in [2.24, 2.45) is 0 Å². The van der Waals surface area contributed by atoms with E-state index >= 15 is 0 Å². The number of fused-ring (bicyclic) bond motifs is 1. The van der Waals surface area contributed by atoms with Crippen LogP contribution in [0, 0.1) is 0 Å². The number of anilines is 1. The average molecular weight is 335 g/mol. The quantitative estimate of drug-likeness (QED) is 0.761. The average Bonchev–Trinajstić information content (AvgIpc) is 2.91. The summed E-state index contributed by atoms with van der Waals surface area (Å²) in [5, 5.41) is 3.69. The fourth-order valence-corrected chi connectivity index (χ4v) is 2.50. The number of aromatic amines is 1. The third-order valence-corrected chi connectivity index (χ3v) is 3.65. The zero-order valence-electron chi connectivity index (χ0n) is 11.4. The van der Waals surface area contributed by atoms with Crippen LogP contribution in [-0.4, -0.2) is 20.9 Å². The zero-order valence-corrected chi connectivity index (χ0v) is 12.9. The first kappa shape index (κ1) is 14.8.